The van der Waals surface area contributed by atoms with Gasteiger partial charge < -0.3 is 24.7 Å². The van der Waals surface area contributed by atoms with E-state index >= 15 is 0 Å². The van der Waals surface area contributed by atoms with Crippen molar-refractivity contribution in [2.75, 3.05) is 19.0 Å². The van der Waals surface area contributed by atoms with Crippen molar-refractivity contribution in [1.29, 1.82) is 0 Å². The molecule has 4 rings (SSSR count). The number of fused-ring (bicyclic) bond motifs is 1. The molecule has 0 saturated heterocycles. The highest BCUT2D eigenvalue weighted by Gasteiger charge is 2.27. The molecule has 2 aromatic carbocycles. The van der Waals surface area contributed by atoms with Crippen LogP contribution >= 0.6 is 0 Å². The highest BCUT2D eigenvalue weighted by Crippen LogP contribution is 2.28. The number of amides is 2. The van der Waals surface area contributed by atoms with Crippen molar-refractivity contribution in [3.05, 3.63) is 64.4 Å². The summed E-state index contributed by atoms with van der Waals surface area (Å²) in [6.45, 7) is 2.74. The number of aromatic amines is 1. The first-order valence-corrected chi connectivity index (χ1v) is 11.6. The lowest BCUT2D eigenvalue weighted by Gasteiger charge is -2.34. The molecule has 0 atom stereocenters. The third kappa shape index (κ3) is 5.30. The van der Waals surface area contributed by atoms with Gasteiger partial charge in [0.15, 0.2) is 0 Å². The smallest absolute Gasteiger partial charge is 0.322 e. The van der Waals surface area contributed by atoms with Gasteiger partial charge in [-0.3, -0.25) is 4.79 Å². The first-order valence-electron chi connectivity index (χ1n) is 11.6. The predicted octanol–water partition coefficient (Wildman–Crippen LogP) is 5.30. The van der Waals surface area contributed by atoms with E-state index in [1.807, 2.05) is 55.5 Å². The van der Waals surface area contributed by atoms with E-state index in [0.29, 0.717) is 23.6 Å². The number of methoxy groups -OCH3 is 1. The molecule has 3 aromatic rings. The van der Waals surface area contributed by atoms with E-state index in [1.165, 1.54) is 6.42 Å². The number of nitrogens with one attached hydrogen (secondary N) is 2. The number of hydrogen-bond acceptors (Lipinski definition) is 4. The predicted molar refractivity (Wildman–Crippen MR) is 130 cm³/mol. The number of H-pyrrole nitrogens is 1. The van der Waals surface area contributed by atoms with Crippen LogP contribution < -0.4 is 20.3 Å². The molecule has 0 radical (unpaired) electrons. The molecule has 1 saturated carbocycles. The summed E-state index contributed by atoms with van der Waals surface area (Å²) in [6.07, 6.45) is 5.19. The first kappa shape index (κ1) is 22.7. The van der Waals surface area contributed by atoms with Crippen LogP contribution in [0.1, 0.15) is 44.6 Å². The second kappa shape index (κ2) is 10.4. The fourth-order valence-corrected chi connectivity index (χ4v) is 4.48. The SMILES string of the molecule is CCOc1ccc2[nH]c(=O)c(CN(C(=O)Nc3ccccc3OC)C3CCCCC3)cc2c1. The second-order valence-electron chi connectivity index (χ2n) is 8.36. The lowest BCUT2D eigenvalue weighted by atomic mass is 9.94. The van der Waals surface area contributed by atoms with Crippen LogP contribution in [0.4, 0.5) is 10.5 Å². The van der Waals surface area contributed by atoms with Gasteiger partial charge in [-0.05, 0) is 56.2 Å². The lowest BCUT2D eigenvalue weighted by Crippen LogP contribution is -2.44. The van der Waals surface area contributed by atoms with Gasteiger partial charge in [0.25, 0.3) is 5.56 Å². The second-order valence-corrected chi connectivity index (χ2v) is 8.36. The fraction of sp³-hybridized carbons (Fsp3) is 0.385. The molecular formula is C26H31N3O4. The van der Waals surface area contributed by atoms with E-state index in [4.69, 9.17) is 9.47 Å². The zero-order valence-corrected chi connectivity index (χ0v) is 19.2. The molecule has 1 fully saturated rings. The Morgan fingerprint density at radius 2 is 1.91 bits per heavy atom. The van der Waals surface area contributed by atoms with Gasteiger partial charge in [0.2, 0.25) is 0 Å². The Morgan fingerprint density at radius 3 is 2.67 bits per heavy atom. The molecule has 1 heterocycles. The summed E-state index contributed by atoms with van der Waals surface area (Å²) in [4.78, 5) is 31.1. The summed E-state index contributed by atoms with van der Waals surface area (Å²) in [5.41, 5.74) is 1.73. The van der Waals surface area contributed by atoms with Gasteiger partial charge >= 0.3 is 6.03 Å². The van der Waals surface area contributed by atoms with Crippen molar-refractivity contribution in [2.24, 2.45) is 0 Å². The maximum Gasteiger partial charge on any atom is 0.322 e. The van der Waals surface area contributed by atoms with E-state index < -0.39 is 0 Å². The number of benzene rings is 2. The highest BCUT2D eigenvalue weighted by atomic mass is 16.5. The van der Waals surface area contributed by atoms with Crippen LogP contribution in [-0.2, 0) is 6.54 Å². The van der Waals surface area contributed by atoms with Crippen LogP contribution in [0.25, 0.3) is 10.9 Å². The molecule has 2 N–H and O–H groups in total. The van der Waals surface area contributed by atoms with Crippen LogP contribution in [0.3, 0.4) is 0 Å². The third-order valence-electron chi connectivity index (χ3n) is 6.17. The Balaban J connectivity index is 1.64. The molecule has 0 bridgehead atoms. The molecule has 33 heavy (non-hydrogen) atoms. The monoisotopic (exact) mass is 449 g/mol. The van der Waals surface area contributed by atoms with Crippen LogP contribution in [0, 0.1) is 0 Å². The van der Waals surface area contributed by atoms with Gasteiger partial charge in [-0.15, -0.1) is 0 Å². The number of pyridine rings is 1. The number of nitrogens with zero attached hydrogens (tertiary/aromatic N) is 1. The molecule has 1 aliphatic rings. The number of ether oxygens (including phenoxy) is 2. The number of rotatable bonds is 7. The summed E-state index contributed by atoms with van der Waals surface area (Å²) in [5, 5.41) is 3.87. The van der Waals surface area contributed by atoms with Gasteiger partial charge in [-0.2, -0.15) is 0 Å². The number of carbonyl (C=O) groups is 1. The zero-order valence-electron chi connectivity index (χ0n) is 19.2. The molecule has 7 heteroatoms. The van der Waals surface area contributed by atoms with Gasteiger partial charge in [-0.1, -0.05) is 31.4 Å². The van der Waals surface area contributed by atoms with Crippen molar-refractivity contribution in [2.45, 2.75) is 51.6 Å². The van der Waals surface area contributed by atoms with Gasteiger partial charge in [0.1, 0.15) is 11.5 Å². The quantitative estimate of drug-likeness (QED) is 0.513. The molecule has 2 amide bonds. The molecule has 0 spiro atoms. The maximum atomic E-state index is 13.4. The Bertz CT molecular complexity index is 1170. The fourth-order valence-electron chi connectivity index (χ4n) is 4.48. The number of para-hydroxylation sites is 2. The van der Waals surface area contributed by atoms with Crippen LogP contribution in [0.15, 0.2) is 53.3 Å². The van der Waals surface area contributed by atoms with Crippen molar-refractivity contribution in [1.82, 2.24) is 9.88 Å². The first-order chi connectivity index (χ1) is 16.1. The number of anilines is 1. The minimum Gasteiger partial charge on any atom is -0.495 e. The van der Waals surface area contributed by atoms with E-state index in [9.17, 15) is 9.59 Å². The van der Waals surface area contributed by atoms with E-state index in [1.54, 1.807) is 12.0 Å². The minimum absolute atomic E-state index is 0.0818. The lowest BCUT2D eigenvalue weighted by molar-refractivity contribution is 0.162. The van der Waals surface area contributed by atoms with Crippen LogP contribution in [-0.4, -0.2) is 35.7 Å². The number of carbonyl (C=O) groups excluding carboxylic acids is 1. The van der Waals surface area contributed by atoms with Gasteiger partial charge in [0, 0.05) is 22.5 Å². The molecular weight excluding hydrogens is 418 g/mol. The van der Waals surface area contributed by atoms with Crippen molar-refractivity contribution in [3.63, 3.8) is 0 Å². The normalized spacial score (nSPS) is 14.1. The number of urea groups is 1. The Morgan fingerprint density at radius 1 is 1.12 bits per heavy atom. The van der Waals surface area contributed by atoms with E-state index in [0.717, 1.165) is 42.3 Å². The summed E-state index contributed by atoms with van der Waals surface area (Å²) >= 11 is 0. The average molecular weight is 450 g/mol. The summed E-state index contributed by atoms with van der Waals surface area (Å²) in [5.74, 6) is 1.35. The van der Waals surface area contributed by atoms with Crippen LogP contribution in [0.2, 0.25) is 0 Å². The van der Waals surface area contributed by atoms with E-state index in [2.05, 4.69) is 10.3 Å². The number of aromatic nitrogens is 1. The molecule has 1 aliphatic carbocycles. The average Bonchev–Trinajstić information content (AvgIpc) is 2.84. The topological polar surface area (TPSA) is 83.7 Å². The van der Waals surface area contributed by atoms with Gasteiger partial charge in [0.05, 0.1) is 25.9 Å². The van der Waals surface area contributed by atoms with Crippen molar-refractivity contribution >= 4 is 22.6 Å². The Labute approximate surface area is 193 Å². The maximum absolute atomic E-state index is 13.4. The highest BCUT2D eigenvalue weighted by molar-refractivity contribution is 5.91. The largest absolute Gasteiger partial charge is 0.495 e. The molecule has 0 aliphatic heterocycles. The molecule has 7 nitrogen and oxygen atoms in total. The number of hydrogen-bond donors (Lipinski definition) is 2. The Hall–Kier alpha value is -3.48. The summed E-state index contributed by atoms with van der Waals surface area (Å²) in [6, 6.07) is 14.7. The Kier molecular flexibility index (Phi) is 7.17. The molecule has 1 aromatic heterocycles. The molecule has 0 unspecified atom stereocenters. The molecule has 174 valence electrons. The summed E-state index contributed by atoms with van der Waals surface area (Å²) in [7, 11) is 1.58. The minimum atomic E-state index is -0.228. The zero-order chi connectivity index (χ0) is 23.2. The van der Waals surface area contributed by atoms with Crippen molar-refractivity contribution in [3.8, 4) is 11.5 Å². The van der Waals surface area contributed by atoms with Crippen molar-refractivity contribution < 1.29 is 14.3 Å². The summed E-state index contributed by atoms with van der Waals surface area (Å²) < 4.78 is 11.0. The van der Waals surface area contributed by atoms with Gasteiger partial charge in [-0.25, -0.2) is 4.79 Å². The van der Waals surface area contributed by atoms with Crippen LogP contribution in [0.5, 0.6) is 11.5 Å². The third-order valence-corrected chi connectivity index (χ3v) is 6.17. The van der Waals surface area contributed by atoms with E-state index in [-0.39, 0.29) is 24.2 Å². The standard InChI is InChI=1S/C26H31N3O4/c1-3-33-21-13-14-22-18(16-21)15-19(25(30)27-22)17-29(20-9-5-4-6-10-20)26(31)28-23-11-7-8-12-24(23)32-2/h7-8,11-16,20H,3-6,9-10,17H2,1-2H3,(H,27,30)(H,28,31).